The van der Waals surface area contributed by atoms with Crippen molar-refractivity contribution in [3.8, 4) is 5.75 Å². The van der Waals surface area contributed by atoms with Gasteiger partial charge < -0.3 is 4.74 Å². The summed E-state index contributed by atoms with van der Waals surface area (Å²) in [6.07, 6.45) is 2.28. The van der Waals surface area contributed by atoms with Crippen LogP contribution in [0.15, 0.2) is 24.3 Å². The molecular formula is C13H21BrO. The van der Waals surface area contributed by atoms with E-state index < -0.39 is 0 Å². The minimum Gasteiger partial charge on any atom is -0.493 e. The molecule has 0 fully saturated rings. The van der Waals surface area contributed by atoms with Crippen LogP contribution in [0.5, 0.6) is 5.75 Å². The first-order valence-electron chi connectivity index (χ1n) is 5.59. The van der Waals surface area contributed by atoms with Gasteiger partial charge in [-0.2, -0.15) is 0 Å². The van der Waals surface area contributed by atoms with Crippen LogP contribution in [0.2, 0.25) is 0 Å². The SMILES string of the molecule is CC.Cc1ccccc1OCCCCBr. The highest BCUT2D eigenvalue weighted by Gasteiger charge is 1.96. The first-order chi connectivity index (χ1) is 7.34. The van der Waals surface area contributed by atoms with E-state index in [4.69, 9.17) is 4.74 Å². The quantitative estimate of drug-likeness (QED) is 0.564. The molecule has 0 aliphatic carbocycles. The van der Waals surface area contributed by atoms with Gasteiger partial charge in [-0.25, -0.2) is 0 Å². The number of alkyl halides is 1. The number of halogens is 1. The highest BCUT2D eigenvalue weighted by Crippen LogP contribution is 2.16. The second-order valence-electron chi connectivity index (χ2n) is 3.01. The standard InChI is InChI=1S/C11H15BrO.C2H6/c1-10-6-2-3-7-11(10)13-9-5-4-8-12;1-2/h2-3,6-7H,4-5,8-9H2,1H3;1-2H3. The topological polar surface area (TPSA) is 9.23 Å². The van der Waals surface area contributed by atoms with E-state index in [2.05, 4.69) is 28.9 Å². The average molecular weight is 273 g/mol. The molecule has 0 aliphatic heterocycles. The van der Waals surface area contributed by atoms with Gasteiger partial charge in [0.1, 0.15) is 5.75 Å². The second kappa shape index (κ2) is 10.0. The Bertz CT molecular complexity index is 248. The van der Waals surface area contributed by atoms with Gasteiger partial charge in [-0.05, 0) is 31.4 Å². The second-order valence-corrected chi connectivity index (χ2v) is 3.80. The van der Waals surface area contributed by atoms with Crippen molar-refractivity contribution in [1.82, 2.24) is 0 Å². The highest BCUT2D eigenvalue weighted by atomic mass is 79.9. The number of rotatable bonds is 5. The van der Waals surface area contributed by atoms with Crippen LogP contribution >= 0.6 is 15.9 Å². The Hall–Kier alpha value is -0.500. The zero-order chi connectivity index (χ0) is 11.5. The van der Waals surface area contributed by atoms with Crippen molar-refractivity contribution < 1.29 is 4.74 Å². The summed E-state index contributed by atoms with van der Waals surface area (Å²) in [6, 6.07) is 8.12. The summed E-state index contributed by atoms with van der Waals surface area (Å²) in [5.41, 5.74) is 1.21. The molecule has 86 valence electrons. The molecule has 0 bridgehead atoms. The number of benzene rings is 1. The Labute approximate surface area is 102 Å². The van der Waals surface area contributed by atoms with Crippen molar-refractivity contribution in [2.75, 3.05) is 11.9 Å². The Kier molecular flexibility index (Phi) is 9.70. The van der Waals surface area contributed by atoms with Crippen molar-refractivity contribution in [3.63, 3.8) is 0 Å². The molecule has 1 rings (SSSR count). The predicted molar refractivity (Wildman–Crippen MR) is 71.1 cm³/mol. The normalized spacial score (nSPS) is 9.07. The lowest BCUT2D eigenvalue weighted by Crippen LogP contribution is -1.98. The summed E-state index contributed by atoms with van der Waals surface area (Å²) >= 11 is 3.39. The fraction of sp³-hybridized carbons (Fsp3) is 0.538. The fourth-order valence-electron chi connectivity index (χ4n) is 1.10. The van der Waals surface area contributed by atoms with Crippen LogP contribution in [0.4, 0.5) is 0 Å². The van der Waals surface area contributed by atoms with Gasteiger partial charge in [0.25, 0.3) is 0 Å². The van der Waals surface area contributed by atoms with Crippen LogP contribution in [0.25, 0.3) is 0 Å². The molecule has 1 aromatic rings. The Morgan fingerprint density at radius 1 is 1.13 bits per heavy atom. The van der Waals surface area contributed by atoms with Crippen LogP contribution in [0.3, 0.4) is 0 Å². The van der Waals surface area contributed by atoms with Crippen LogP contribution < -0.4 is 4.74 Å². The largest absolute Gasteiger partial charge is 0.493 e. The third-order valence-electron chi connectivity index (χ3n) is 1.88. The molecule has 0 N–H and O–H groups in total. The van der Waals surface area contributed by atoms with E-state index in [-0.39, 0.29) is 0 Å². The van der Waals surface area contributed by atoms with Gasteiger partial charge in [0.2, 0.25) is 0 Å². The maximum absolute atomic E-state index is 5.62. The molecule has 1 aromatic carbocycles. The van der Waals surface area contributed by atoms with E-state index >= 15 is 0 Å². The number of ether oxygens (including phenoxy) is 1. The number of unbranched alkanes of at least 4 members (excludes halogenated alkanes) is 1. The fourth-order valence-corrected chi connectivity index (χ4v) is 1.49. The third kappa shape index (κ3) is 6.56. The van der Waals surface area contributed by atoms with Crippen LogP contribution in [-0.4, -0.2) is 11.9 Å². The van der Waals surface area contributed by atoms with E-state index in [9.17, 15) is 0 Å². The maximum Gasteiger partial charge on any atom is 0.122 e. The summed E-state index contributed by atoms with van der Waals surface area (Å²) in [6.45, 7) is 6.89. The molecule has 0 radical (unpaired) electrons. The van der Waals surface area contributed by atoms with Crippen molar-refractivity contribution in [2.24, 2.45) is 0 Å². The third-order valence-corrected chi connectivity index (χ3v) is 2.44. The molecule has 0 heterocycles. The highest BCUT2D eigenvalue weighted by molar-refractivity contribution is 9.09. The van der Waals surface area contributed by atoms with Crippen molar-refractivity contribution in [3.05, 3.63) is 29.8 Å². The van der Waals surface area contributed by atoms with E-state index in [1.165, 1.54) is 12.0 Å². The van der Waals surface area contributed by atoms with E-state index in [1.54, 1.807) is 0 Å². The van der Waals surface area contributed by atoms with Gasteiger partial charge in [0.05, 0.1) is 6.61 Å². The Morgan fingerprint density at radius 3 is 2.40 bits per heavy atom. The van der Waals surface area contributed by atoms with Gasteiger partial charge in [0, 0.05) is 5.33 Å². The minimum absolute atomic E-state index is 0.816. The summed E-state index contributed by atoms with van der Waals surface area (Å²) in [4.78, 5) is 0. The first kappa shape index (κ1) is 14.5. The number of hydrogen-bond donors (Lipinski definition) is 0. The van der Waals surface area contributed by atoms with Crippen molar-refractivity contribution >= 4 is 15.9 Å². The summed E-state index contributed by atoms with van der Waals surface area (Å²) in [5, 5.41) is 1.06. The smallest absolute Gasteiger partial charge is 0.122 e. The Balaban J connectivity index is 0.000000921. The molecule has 0 saturated carbocycles. The van der Waals surface area contributed by atoms with E-state index in [1.807, 2.05) is 32.0 Å². The molecule has 2 heteroatoms. The van der Waals surface area contributed by atoms with Crippen LogP contribution in [-0.2, 0) is 0 Å². The number of hydrogen-bond acceptors (Lipinski definition) is 1. The van der Waals surface area contributed by atoms with Gasteiger partial charge in [0.15, 0.2) is 0 Å². The van der Waals surface area contributed by atoms with Gasteiger partial charge >= 0.3 is 0 Å². The monoisotopic (exact) mass is 272 g/mol. The summed E-state index contributed by atoms with van der Waals surface area (Å²) in [5.74, 6) is 1.01. The predicted octanol–water partition coefficient (Wildman–Crippen LogP) is 4.58. The molecule has 0 amide bonds. The van der Waals surface area contributed by atoms with Gasteiger partial charge in [-0.3, -0.25) is 0 Å². The number of para-hydroxylation sites is 1. The van der Waals surface area contributed by atoms with Crippen molar-refractivity contribution in [1.29, 1.82) is 0 Å². The average Bonchev–Trinajstić information content (AvgIpc) is 2.29. The lowest BCUT2D eigenvalue weighted by molar-refractivity contribution is 0.308. The molecule has 0 unspecified atom stereocenters. The van der Waals surface area contributed by atoms with Crippen LogP contribution in [0, 0.1) is 6.92 Å². The molecule has 0 spiro atoms. The molecule has 0 saturated heterocycles. The zero-order valence-electron chi connectivity index (χ0n) is 9.92. The summed E-state index contributed by atoms with van der Waals surface area (Å²) in [7, 11) is 0. The van der Waals surface area contributed by atoms with E-state index in [0.717, 1.165) is 24.1 Å². The number of aryl methyl sites for hydroxylation is 1. The van der Waals surface area contributed by atoms with Crippen LogP contribution in [0.1, 0.15) is 32.3 Å². The maximum atomic E-state index is 5.62. The molecule has 1 nitrogen and oxygen atoms in total. The van der Waals surface area contributed by atoms with E-state index in [0.29, 0.717) is 0 Å². The minimum atomic E-state index is 0.816. The molecule has 15 heavy (non-hydrogen) atoms. The summed E-state index contributed by atoms with van der Waals surface area (Å²) < 4.78 is 5.62. The lowest BCUT2D eigenvalue weighted by atomic mass is 10.2. The van der Waals surface area contributed by atoms with Crippen molar-refractivity contribution in [2.45, 2.75) is 33.6 Å². The molecular weight excluding hydrogens is 252 g/mol. The molecule has 0 aliphatic rings. The Morgan fingerprint density at radius 2 is 1.80 bits per heavy atom. The molecule has 0 atom stereocenters. The van der Waals surface area contributed by atoms with Gasteiger partial charge in [-0.1, -0.05) is 48.0 Å². The lowest BCUT2D eigenvalue weighted by Gasteiger charge is -2.07. The van der Waals surface area contributed by atoms with Gasteiger partial charge in [-0.15, -0.1) is 0 Å². The first-order valence-corrected chi connectivity index (χ1v) is 6.71. The molecule has 0 aromatic heterocycles. The zero-order valence-corrected chi connectivity index (χ0v) is 11.5.